The van der Waals surface area contributed by atoms with Gasteiger partial charge in [0.25, 0.3) is 5.54 Å². The molecule has 0 unspecified atom stereocenters. The van der Waals surface area contributed by atoms with E-state index in [1.54, 1.807) is 18.3 Å². The smallest absolute Gasteiger partial charge is 0.255 e. The molecule has 0 spiro atoms. The van der Waals surface area contributed by atoms with Crippen LogP contribution in [0.25, 0.3) is 15.9 Å². The van der Waals surface area contributed by atoms with Crippen LogP contribution in [-0.4, -0.2) is 29.8 Å². The lowest BCUT2D eigenvalue weighted by atomic mass is 9.97. The van der Waals surface area contributed by atoms with Crippen LogP contribution < -0.4 is 4.74 Å². The molecule has 2 heterocycles. The number of H-pyrrole nitrogens is 1. The van der Waals surface area contributed by atoms with Crippen LogP contribution in [0.1, 0.15) is 19.4 Å². The van der Waals surface area contributed by atoms with Crippen molar-refractivity contribution in [1.82, 2.24) is 9.97 Å². The Balaban J connectivity index is 2.25. The first-order chi connectivity index (χ1) is 10.5. The monoisotopic (exact) mass is 319 g/mol. The SMILES string of the molecule is [C-]#[N+]C(C)(C)c1c[nH]c2cc(Cl)c(OCCOCC=C)nc12. The van der Waals surface area contributed by atoms with Crippen LogP contribution in [0.3, 0.4) is 0 Å². The molecule has 2 aromatic heterocycles. The lowest BCUT2D eigenvalue weighted by molar-refractivity contribution is 0.119. The number of nitrogens with one attached hydrogen (secondary N) is 1. The summed E-state index contributed by atoms with van der Waals surface area (Å²) in [5, 5.41) is 0.422. The number of rotatable bonds is 7. The van der Waals surface area contributed by atoms with Gasteiger partial charge in [-0.25, -0.2) is 11.6 Å². The molecule has 1 N–H and O–H groups in total. The molecule has 0 aliphatic rings. The second-order valence-corrected chi connectivity index (χ2v) is 5.66. The van der Waals surface area contributed by atoms with Gasteiger partial charge in [0.05, 0.1) is 24.3 Å². The summed E-state index contributed by atoms with van der Waals surface area (Å²) in [4.78, 5) is 11.2. The Morgan fingerprint density at radius 3 is 2.95 bits per heavy atom. The molecule has 2 rings (SSSR count). The number of aromatic nitrogens is 2. The summed E-state index contributed by atoms with van der Waals surface area (Å²) >= 11 is 6.18. The van der Waals surface area contributed by atoms with Crippen LogP contribution in [0, 0.1) is 6.57 Å². The van der Waals surface area contributed by atoms with E-state index in [1.807, 2.05) is 13.8 Å². The van der Waals surface area contributed by atoms with Gasteiger partial charge in [-0.2, -0.15) is 0 Å². The highest BCUT2D eigenvalue weighted by molar-refractivity contribution is 6.32. The molecule has 2 aromatic rings. The van der Waals surface area contributed by atoms with Crippen LogP contribution in [0.4, 0.5) is 0 Å². The predicted molar refractivity (Wildman–Crippen MR) is 87.2 cm³/mol. The summed E-state index contributed by atoms with van der Waals surface area (Å²) in [7, 11) is 0. The third-order valence-electron chi connectivity index (χ3n) is 3.21. The molecule has 0 amide bonds. The van der Waals surface area contributed by atoms with Gasteiger partial charge >= 0.3 is 0 Å². The molecule has 0 radical (unpaired) electrons. The second kappa shape index (κ2) is 6.82. The molecule has 116 valence electrons. The number of nitrogens with zero attached hydrogens (tertiary/aromatic N) is 2. The molecule has 6 heteroatoms. The fourth-order valence-corrected chi connectivity index (χ4v) is 2.20. The van der Waals surface area contributed by atoms with E-state index in [-0.39, 0.29) is 0 Å². The normalized spacial score (nSPS) is 11.4. The van der Waals surface area contributed by atoms with Gasteiger partial charge in [-0.1, -0.05) is 17.7 Å². The number of halogens is 1. The first-order valence-electron chi connectivity index (χ1n) is 6.87. The van der Waals surface area contributed by atoms with Crippen molar-refractivity contribution in [1.29, 1.82) is 0 Å². The second-order valence-electron chi connectivity index (χ2n) is 5.26. The van der Waals surface area contributed by atoms with Gasteiger partial charge in [-0.05, 0) is 6.07 Å². The predicted octanol–water partition coefficient (Wildman–Crippen LogP) is 3.95. The number of hydrogen-bond acceptors (Lipinski definition) is 3. The Labute approximate surface area is 134 Å². The lowest BCUT2D eigenvalue weighted by Gasteiger charge is -2.11. The summed E-state index contributed by atoms with van der Waals surface area (Å²) in [6.07, 6.45) is 3.47. The summed E-state index contributed by atoms with van der Waals surface area (Å²) in [5.74, 6) is 0.345. The maximum atomic E-state index is 7.33. The van der Waals surface area contributed by atoms with Gasteiger partial charge in [-0.15, -0.1) is 6.58 Å². The van der Waals surface area contributed by atoms with Gasteiger partial charge in [0.1, 0.15) is 17.1 Å². The van der Waals surface area contributed by atoms with Gasteiger partial charge in [0, 0.05) is 20.0 Å². The number of aromatic amines is 1. The topological polar surface area (TPSA) is 51.5 Å². The summed E-state index contributed by atoms with van der Waals surface area (Å²) in [6, 6.07) is 1.76. The van der Waals surface area contributed by atoms with Crippen molar-refractivity contribution in [3.05, 3.63) is 46.9 Å². The quantitative estimate of drug-likeness (QED) is 0.477. The minimum atomic E-state index is -0.663. The van der Waals surface area contributed by atoms with Gasteiger partial charge in [0.2, 0.25) is 5.88 Å². The molecular formula is C16H18ClN3O2. The molecule has 0 aromatic carbocycles. The van der Waals surface area contributed by atoms with Crippen molar-refractivity contribution in [2.24, 2.45) is 0 Å². The van der Waals surface area contributed by atoms with Crippen LogP contribution in [0.2, 0.25) is 5.02 Å². The van der Waals surface area contributed by atoms with E-state index in [2.05, 4.69) is 21.4 Å². The molecule has 0 aliphatic heterocycles. The summed E-state index contributed by atoms with van der Waals surface area (Å²) < 4.78 is 10.8. The average Bonchev–Trinajstić information content (AvgIpc) is 2.90. The first kappa shape index (κ1) is 16.3. The Kier molecular flexibility index (Phi) is 5.07. The van der Waals surface area contributed by atoms with E-state index in [4.69, 9.17) is 27.6 Å². The molecule has 0 bridgehead atoms. The van der Waals surface area contributed by atoms with Crippen molar-refractivity contribution in [2.75, 3.05) is 19.8 Å². The molecule has 0 atom stereocenters. The molecule has 5 nitrogen and oxygen atoms in total. The number of hydrogen-bond donors (Lipinski definition) is 1. The molecule has 0 saturated carbocycles. The Morgan fingerprint density at radius 1 is 1.50 bits per heavy atom. The van der Waals surface area contributed by atoms with Crippen molar-refractivity contribution >= 4 is 22.6 Å². The highest BCUT2D eigenvalue weighted by Crippen LogP contribution is 2.34. The van der Waals surface area contributed by atoms with E-state index in [0.717, 1.165) is 11.1 Å². The van der Waals surface area contributed by atoms with E-state index < -0.39 is 5.54 Å². The molecule has 22 heavy (non-hydrogen) atoms. The number of fused-ring (bicyclic) bond motifs is 1. The largest absolute Gasteiger partial charge is 0.474 e. The highest BCUT2D eigenvalue weighted by atomic mass is 35.5. The first-order valence-corrected chi connectivity index (χ1v) is 7.25. The van der Waals surface area contributed by atoms with E-state index in [1.165, 1.54) is 0 Å². The maximum absolute atomic E-state index is 7.33. The zero-order valence-electron chi connectivity index (χ0n) is 12.6. The van der Waals surface area contributed by atoms with Gasteiger partial charge in [0.15, 0.2) is 0 Å². The van der Waals surface area contributed by atoms with Gasteiger partial charge in [-0.3, -0.25) is 0 Å². The van der Waals surface area contributed by atoms with Crippen LogP contribution in [0.15, 0.2) is 24.9 Å². The third kappa shape index (κ3) is 3.41. The zero-order valence-corrected chi connectivity index (χ0v) is 13.4. The van der Waals surface area contributed by atoms with Gasteiger partial charge < -0.3 is 19.3 Å². The minimum Gasteiger partial charge on any atom is -0.474 e. The average molecular weight is 320 g/mol. The summed E-state index contributed by atoms with van der Waals surface area (Å²) in [6.45, 7) is 15.9. The summed E-state index contributed by atoms with van der Waals surface area (Å²) in [5.41, 5.74) is 1.64. The molecule has 0 fully saturated rings. The van der Waals surface area contributed by atoms with E-state index >= 15 is 0 Å². The Hall–Kier alpha value is -2.03. The lowest BCUT2D eigenvalue weighted by Crippen LogP contribution is -2.11. The fourth-order valence-electron chi connectivity index (χ4n) is 2.00. The third-order valence-corrected chi connectivity index (χ3v) is 3.48. The van der Waals surface area contributed by atoms with E-state index in [9.17, 15) is 0 Å². The van der Waals surface area contributed by atoms with Crippen LogP contribution in [0.5, 0.6) is 5.88 Å². The molecular weight excluding hydrogens is 302 g/mol. The highest BCUT2D eigenvalue weighted by Gasteiger charge is 2.30. The van der Waals surface area contributed by atoms with Crippen molar-refractivity contribution < 1.29 is 9.47 Å². The minimum absolute atomic E-state index is 0.345. The number of pyridine rings is 1. The van der Waals surface area contributed by atoms with Crippen LogP contribution in [-0.2, 0) is 10.3 Å². The molecule has 0 aliphatic carbocycles. The van der Waals surface area contributed by atoms with Crippen molar-refractivity contribution in [3.63, 3.8) is 0 Å². The fraction of sp³-hybridized carbons (Fsp3) is 0.375. The standard InChI is InChI=1S/C16H18ClN3O2/c1-5-6-21-7-8-22-15-12(17)9-13-14(20-15)11(10-19-13)16(2,3)18-4/h5,9-10,19H,1,6-8H2,2-3H3. The Morgan fingerprint density at radius 2 is 2.27 bits per heavy atom. The molecule has 0 saturated heterocycles. The van der Waals surface area contributed by atoms with Crippen LogP contribution >= 0.6 is 11.6 Å². The zero-order chi connectivity index (χ0) is 16.2. The Bertz CT molecular complexity index is 716. The number of ether oxygens (including phenoxy) is 2. The van der Waals surface area contributed by atoms with Crippen molar-refractivity contribution in [3.8, 4) is 5.88 Å². The maximum Gasteiger partial charge on any atom is 0.255 e. The van der Waals surface area contributed by atoms with Crippen molar-refractivity contribution in [2.45, 2.75) is 19.4 Å². The van der Waals surface area contributed by atoms with E-state index in [0.29, 0.717) is 36.2 Å².